The molecule has 1 aliphatic rings. The number of allylic oxidation sites excluding steroid dienone is 1. The zero-order valence-electron chi connectivity index (χ0n) is 25.2. The Bertz CT molecular complexity index is 1430. The third kappa shape index (κ3) is 7.12. The number of amides is 2. The van der Waals surface area contributed by atoms with Crippen LogP contribution in [0.25, 0.3) is 10.9 Å². The maximum Gasteiger partial charge on any atom is 0.417 e. The van der Waals surface area contributed by atoms with E-state index in [1.165, 1.54) is 4.90 Å². The Morgan fingerprint density at radius 1 is 1.12 bits per heavy atom. The lowest BCUT2D eigenvalue weighted by molar-refractivity contribution is -0.126. The molecule has 41 heavy (non-hydrogen) atoms. The zero-order valence-corrected chi connectivity index (χ0v) is 26.2. The second-order valence-electron chi connectivity index (χ2n) is 12.4. The molecule has 4 rings (SSSR count). The van der Waals surface area contributed by atoms with Crippen LogP contribution in [0.1, 0.15) is 57.5 Å². The van der Waals surface area contributed by atoms with E-state index in [2.05, 4.69) is 38.8 Å². The van der Waals surface area contributed by atoms with E-state index in [-0.39, 0.29) is 17.6 Å². The molecule has 8 heteroatoms. The Balaban J connectivity index is 1.67. The van der Waals surface area contributed by atoms with Gasteiger partial charge in [0.1, 0.15) is 6.61 Å². The van der Waals surface area contributed by atoms with Gasteiger partial charge in [0.05, 0.1) is 29.5 Å². The topological polar surface area (TPSA) is 89.0 Å². The molecule has 3 aromatic rings. The van der Waals surface area contributed by atoms with E-state index in [1.54, 1.807) is 6.92 Å². The normalized spacial score (nSPS) is 18.0. The van der Waals surface area contributed by atoms with Gasteiger partial charge in [-0.15, -0.1) is 0 Å². The highest BCUT2D eigenvalue weighted by Gasteiger charge is 2.43. The summed E-state index contributed by atoms with van der Waals surface area (Å²) in [6, 6.07) is 19.1. The summed E-state index contributed by atoms with van der Waals surface area (Å²) in [5, 5.41) is 10.9. The van der Waals surface area contributed by atoms with Crippen molar-refractivity contribution < 1.29 is 23.9 Å². The molecule has 1 aromatic heterocycles. The van der Waals surface area contributed by atoms with Crippen LogP contribution in [0.3, 0.4) is 0 Å². The second kappa shape index (κ2) is 12.3. The van der Waals surface area contributed by atoms with E-state index in [4.69, 9.17) is 9.16 Å². The minimum Gasteiger partial charge on any atom is -0.447 e. The van der Waals surface area contributed by atoms with Crippen LogP contribution in [0.15, 0.2) is 72.3 Å². The van der Waals surface area contributed by atoms with E-state index >= 15 is 0 Å². The van der Waals surface area contributed by atoms with Gasteiger partial charge < -0.3 is 14.3 Å². The fraction of sp³-hybridized carbons (Fsp3) is 0.424. The molecule has 0 spiro atoms. The van der Waals surface area contributed by atoms with Crippen LogP contribution >= 0.6 is 0 Å². The van der Waals surface area contributed by atoms with Crippen molar-refractivity contribution in [3.8, 4) is 0 Å². The summed E-state index contributed by atoms with van der Waals surface area (Å²) in [7, 11) is -2.23. The van der Waals surface area contributed by atoms with Crippen LogP contribution in [0.5, 0.6) is 0 Å². The number of nitrogens with zero attached hydrogens (tertiary/aromatic N) is 2. The lowest BCUT2D eigenvalue weighted by atomic mass is 10.0. The number of aliphatic hydroxyl groups excluding tert-OH is 1. The first-order chi connectivity index (χ1) is 19.3. The Morgan fingerprint density at radius 3 is 2.46 bits per heavy atom. The van der Waals surface area contributed by atoms with Gasteiger partial charge in [0.25, 0.3) is 5.91 Å². The summed E-state index contributed by atoms with van der Waals surface area (Å²) in [6.07, 6.45) is 1.05. The number of hydrogen-bond donors (Lipinski definition) is 1. The van der Waals surface area contributed by atoms with Gasteiger partial charge in [0, 0.05) is 11.0 Å². The van der Waals surface area contributed by atoms with Crippen LogP contribution in [0.2, 0.25) is 18.1 Å². The first kappa shape index (κ1) is 30.6. The third-order valence-corrected chi connectivity index (χ3v) is 12.8. The highest BCUT2D eigenvalue weighted by Crippen LogP contribution is 2.38. The molecule has 218 valence electrons. The van der Waals surface area contributed by atoms with Crippen LogP contribution in [-0.4, -0.2) is 54.1 Å². The van der Waals surface area contributed by atoms with E-state index in [1.807, 2.05) is 73.7 Å². The Hall–Kier alpha value is -3.33. The number of fused-ring (bicyclic) bond motifs is 1. The number of rotatable bonds is 9. The number of imide groups is 1. The summed E-state index contributed by atoms with van der Waals surface area (Å²) in [5.41, 5.74) is 3.82. The minimum atomic E-state index is -2.23. The monoisotopic (exact) mass is 574 g/mol. The largest absolute Gasteiger partial charge is 0.447 e. The SMILES string of the molecule is CC(O[Si](C)(C)C(C)(C)C)/C(=C\Cc1ccc2ccc(C(C)O)nc2c1)C(=O)N1C(=O)OCC1Cc1ccccc1. The molecule has 2 amide bonds. The van der Waals surface area contributed by atoms with E-state index in [0.29, 0.717) is 24.1 Å². The van der Waals surface area contributed by atoms with Crippen molar-refractivity contribution in [2.75, 3.05) is 6.61 Å². The predicted molar refractivity (Wildman–Crippen MR) is 164 cm³/mol. The zero-order chi connectivity index (χ0) is 29.9. The molecule has 0 aliphatic carbocycles. The highest BCUT2D eigenvalue weighted by molar-refractivity contribution is 6.74. The summed E-state index contributed by atoms with van der Waals surface area (Å²) in [6.45, 7) is 14.5. The highest BCUT2D eigenvalue weighted by atomic mass is 28.4. The van der Waals surface area contributed by atoms with Crippen molar-refractivity contribution in [2.24, 2.45) is 0 Å². The van der Waals surface area contributed by atoms with Gasteiger partial charge in [-0.05, 0) is 68.1 Å². The van der Waals surface area contributed by atoms with Crippen LogP contribution in [0, 0.1) is 0 Å². The maximum absolute atomic E-state index is 14.1. The van der Waals surface area contributed by atoms with Gasteiger partial charge in [0.2, 0.25) is 0 Å². The number of ether oxygens (including phenoxy) is 1. The third-order valence-electron chi connectivity index (χ3n) is 8.22. The molecule has 0 radical (unpaired) electrons. The van der Waals surface area contributed by atoms with Gasteiger partial charge in [-0.2, -0.15) is 0 Å². The smallest absolute Gasteiger partial charge is 0.417 e. The molecule has 2 heterocycles. The number of cyclic esters (lactones) is 1. The maximum atomic E-state index is 14.1. The number of aliphatic hydroxyl groups is 1. The number of carbonyl (C=O) groups is 2. The standard InChI is InChI=1S/C33H42N2O5Si/c1-22(36)29-18-16-26-15-13-25(20-30(26)34-29)14-17-28(23(2)40-41(6,7)33(3,4)5)31(37)35-27(21-39-32(35)38)19-24-11-9-8-10-12-24/h8-13,15-18,20,22-23,27,36H,14,19,21H2,1-7H3/b28-17+. The summed E-state index contributed by atoms with van der Waals surface area (Å²) in [5.74, 6) is -0.380. The molecule has 7 nitrogen and oxygen atoms in total. The first-order valence-electron chi connectivity index (χ1n) is 14.3. The average molecular weight is 575 g/mol. The molecule has 0 saturated carbocycles. The van der Waals surface area contributed by atoms with Gasteiger partial charge in [0.15, 0.2) is 8.32 Å². The van der Waals surface area contributed by atoms with Gasteiger partial charge >= 0.3 is 6.09 Å². The number of aromatic nitrogens is 1. The van der Waals surface area contributed by atoms with Gasteiger partial charge in [-0.3, -0.25) is 9.78 Å². The molecule has 0 bridgehead atoms. The van der Waals surface area contributed by atoms with Gasteiger partial charge in [-0.1, -0.05) is 75.4 Å². The molecule has 1 fully saturated rings. The Kier molecular flexibility index (Phi) is 9.16. The lowest BCUT2D eigenvalue weighted by Gasteiger charge is -2.39. The Morgan fingerprint density at radius 2 is 1.80 bits per heavy atom. The van der Waals surface area contributed by atoms with Crippen molar-refractivity contribution in [1.82, 2.24) is 9.88 Å². The minimum absolute atomic E-state index is 0.0522. The van der Waals surface area contributed by atoms with Crippen molar-refractivity contribution in [3.05, 3.63) is 89.1 Å². The summed E-state index contributed by atoms with van der Waals surface area (Å²) >= 11 is 0. The fourth-order valence-corrected chi connectivity index (χ4v) is 6.12. The van der Waals surface area contributed by atoms with Crippen molar-refractivity contribution >= 4 is 31.2 Å². The molecule has 1 aliphatic heterocycles. The Labute approximate surface area is 244 Å². The lowest BCUT2D eigenvalue weighted by Crippen LogP contribution is -2.47. The first-order valence-corrected chi connectivity index (χ1v) is 17.2. The average Bonchev–Trinajstić information content (AvgIpc) is 3.27. The molecule has 3 unspecified atom stereocenters. The van der Waals surface area contributed by atoms with Crippen molar-refractivity contribution in [2.45, 2.75) is 83.8 Å². The molecule has 3 atom stereocenters. The molecular formula is C33H42N2O5Si. The van der Waals surface area contributed by atoms with Crippen molar-refractivity contribution in [1.29, 1.82) is 0 Å². The van der Waals surface area contributed by atoms with E-state index in [9.17, 15) is 14.7 Å². The molecule has 1 N–H and O–H groups in total. The quantitative estimate of drug-likeness (QED) is 0.224. The summed E-state index contributed by atoms with van der Waals surface area (Å²) in [4.78, 5) is 32.9. The summed E-state index contributed by atoms with van der Waals surface area (Å²) < 4.78 is 12.0. The number of pyridine rings is 1. The van der Waals surface area contributed by atoms with Crippen LogP contribution < -0.4 is 0 Å². The molecule has 1 saturated heterocycles. The van der Waals surface area contributed by atoms with E-state index < -0.39 is 32.7 Å². The predicted octanol–water partition coefficient (Wildman–Crippen LogP) is 6.76. The van der Waals surface area contributed by atoms with Gasteiger partial charge in [-0.25, -0.2) is 9.69 Å². The van der Waals surface area contributed by atoms with E-state index in [0.717, 1.165) is 22.0 Å². The molecular weight excluding hydrogens is 532 g/mol. The number of benzene rings is 2. The van der Waals surface area contributed by atoms with Crippen LogP contribution in [-0.2, 0) is 26.8 Å². The second-order valence-corrected chi connectivity index (χ2v) is 17.2. The van der Waals surface area contributed by atoms with Crippen molar-refractivity contribution in [3.63, 3.8) is 0 Å². The number of hydrogen-bond acceptors (Lipinski definition) is 6. The number of carbonyl (C=O) groups excluding carboxylic acids is 2. The molecule has 2 aromatic carbocycles. The van der Waals surface area contributed by atoms with Crippen LogP contribution in [0.4, 0.5) is 4.79 Å². The fourth-order valence-electron chi connectivity index (χ4n) is 4.76.